The molecule has 2 heterocycles. The minimum Gasteiger partial charge on any atom is -0.355 e. The number of aromatic nitrogens is 1. The summed E-state index contributed by atoms with van der Waals surface area (Å²) in [5, 5.41) is 0. The van der Waals surface area contributed by atoms with Crippen LogP contribution in [-0.2, 0) is 6.18 Å². The van der Waals surface area contributed by atoms with Crippen LogP contribution in [0.5, 0.6) is 0 Å². The number of hydrogen-bond donors (Lipinski definition) is 0. The Morgan fingerprint density at radius 1 is 1.41 bits per heavy atom. The van der Waals surface area contributed by atoms with Crippen molar-refractivity contribution in [2.24, 2.45) is 0 Å². The molecule has 0 N–H and O–H groups in total. The number of halogens is 4. The molecular weight excluding hydrogens is 297 g/mol. The second kappa shape index (κ2) is 4.84. The molecule has 1 atom stereocenters. The van der Waals surface area contributed by atoms with Crippen LogP contribution in [0.15, 0.2) is 18.3 Å². The van der Waals surface area contributed by atoms with Crippen molar-refractivity contribution in [2.75, 3.05) is 18.0 Å². The Kier molecular flexibility index (Phi) is 3.61. The number of anilines is 1. The highest BCUT2D eigenvalue weighted by molar-refractivity contribution is 9.09. The average molecular weight is 309 g/mol. The molecule has 0 saturated carbocycles. The quantitative estimate of drug-likeness (QED) is 0.739. The summed E-state index contributed by atoms with van der Waals surface area (Å²) in [5.74, 6) is 0.406. The highest BCUT2D eigenvalue weighted by Crippen LogP contribution is 2.31. The van der Waals surface area contributed by atoms with Gasteiger partial charge in [0, 0.05) is 24.1 Å². The van der Waals surface area contributed by atoms with Crippen LogP contribution in [0.4, 0.5) is 19.0 Å². The van der Waals surface area contributed by atoms with Gasteiger partial charge in [-0.2, -0.15) is 13.2 Å². The summed E-state index contributed by atoms with van der Waals surface area (Å²) < 4.78 is 37.7. The molecule has 1 saturated heterocycles. The molecule has 0 aromatic carbocycles. The van der Waals surface area contributed by atoms with Gasteiger partial charge in [-0.25, -0.2) is 4.98 Å². The third-order valence-corrected chi connectivity index (χ3v) is 3.51. The lowest BCUT2D eigenvalue weighted by atomic mass is 10.1. The fourth-order valence-corrected chi connectivity index (χ4v) is 2.57. The molecule has 1 aromatic rings. The Hall–Kier alpha value is -0.780. The Balaban J connectivity index is 2.21. The first-order valence-corrected chi connectivity index (χ1v) is 6.30. The van der Waals surface area contributed by atoms with Gasteiger partial charge in [0.1, 0.15) is 5.82 Å². The molecule has 1 aromatic heterocycles. The molecule has 2 rings (SSSR count). The monoisotopic (exact) mass is 308 g/mol. The topological polar surface area (TPSA) is 16.1 Å². The van der Waals surface area contributed by atoms with E-state index in [1.807, 2.05) is 4.90 Å². The van der Waals surface area contributed by atoms with E-state index in [9.17, 15) is 13.2 Å². The molecule has 0 aliphatic carbocycles. The third-order valence-electron chi connectivity index (χ3n) is 2.76. The first-order chi connectivity index (χ1) is 7.97. The van der Waals surface area contributed by atoms with Crippen molar-refractivity contribution in [1.82, 2.24) is 4.98 Å². The minimum atomic E-state index is -4.30. The van der Waals surface area contributed by atoms with Crippen LogP contribution in [0.25, 0.3) is 0 Å². The van der Waals surface area contributed by atoms with E-state index in [2.05, 4.69) is 20.9 Å². The zero-order valence-electron chi connectivity index (χ0n) is 9.04. The van der Waals surface area contributed by atoms with E-state index in [1.54, 1.807) is 0 Å². The fourth-order valence-electron chi connectivity index (χ4n) is 1.90. The predicted molar refractivity (Wildman–Crippen MR) is 63.4 cm³/mol. The Morgan fingerprint density at radius 2 is 2.18 bits per heavy atom. The van der Waals surface area contributed by atoms with E-state index in [-0.39, 0.29) is 0 Å². The largest absolute Gasteiger partial charge is 0.416 e. The zero-order valence-corrected chi connectivity index (χ0v) is 10.6. The maximum absolute atomic E-state index is 12.6. The molecule has 1 aliphatic heterocycles. The summed E-state index contributed by atoms with van der Waals surface area (Å²) in [6.07, 6.45) is -1.07. The number of pyridine rings is 1. The van der Waals surface area contributed by atoms with Crippen molar-refractivity contribution < 1.29 is 13.2 Å². The molecule has 1 fully saturated rings. The van der Waals surface area contributed by atoms with Gasteiger partial charge in [-0.05, 0) is 25.0 Å². The van der Waals surface area contributed by atoms with Gasteiger partial charge in [-0.15, -0.1) is 0 Å². The predicted octanol–water partition coefficient (Wildman–Crippen LogP) is 3.46. The lowest BCUT2D eigenvalue weighted by Gasteiger charge is -2.31. The lowest BCUT2D eigenvalue weighted by Crippen LogP contribution is -2.36. The summed E-state index contributed by atoms with van der Waals surface area (Å²) in [6.45, 7) is 1.46. The third kappa shape index (κ3) is 3.12. The van der Waals surface area contributed by atoms with Gasteiger partial charge in [0.2, 0.25) is 0 Å². The van der Waals surface area contributed by atoms with E-state index in [4.69, 9.17) is 0 Å². The Labute approximate surface area is 106 Å². The summed E-state index contributed by atoms with van der Waals surface area (Å²) in [6, 6.07) is 2.12. The summed E-state index contributed by atoms with van der Waals surface area (Å²) in [4.78, 5) is 6.23. The van der Waals surface area contributed by atoms with E-state index in [0.717, 1.165) is 31.5 Å². The fraction of sp³-hybridized carbons (Fsp3) is 0.545. The highest BCUT2D eigenvalue weighted by atomic mass is 79.9. The molecule has 6 heteroatoms. The smallest absolute Gasteiger partial charge is 0.355 e. The Bertz CT molecular complexity index is 395. The molecule has 0 spiro atoms. The number of piperidine rings is 1. The molecule has 2 nitrogen and oxygen atoms in total. The van der Waals surface area contributed by atoms with Gasteiger partial charge in [0.25, 0.3) is 0 Å². The van der Waals surface area contributed by atoms with E-state index >= 15 is 0 Å². The molecule has 1 unspecified atom stereocenters. The number of rotatable bonds is 1. The summed E-state index contributed by atoms with van der Waals surface area (Å²) in [5.41, 5.74) is -0.640. The van der Waals surface area contributed by atoms with Crippen LogP contribution in [0.3, 0.4) is 0 Å². The number of alkyl halides is 4. The van der Waals surface area contributed by atoms with Crippen LogP contribution in [0, 0.1) is 0 Å². The van der Waals surface area contributed by atoms with Crippen molar-refractivity contribution in [1.29, 1.82) is 0 Å². The van der Waals surface area contributed by atoms with Gasteiger partial charge in [-0.3, -0.25) is 0 Å². The van der Waals surface area contributed by atoms with Crippen molar-refractivity contribution in [3.05, 3.63) is 23.9 Å². The van der Waals surface area contributed by atoms with E-state index < -0.39 is 11.7 Å². The normalized spacial score (nSPS) is 21.6. The maximum Gasteiger partial charge on any atom is 0.416 e. The average Bonchev–Trinajstić information content (AvgIpc) is 2.28. The second-order valence-corrected chi connectivity index (χ2v) is 5.38. The summed E-state index contributed by atoms with van der Waals surface area (Å²) in [7, 11) is 0. The molecule has 0 amide bonds. The molecule has 94 valence electrons. The number of hydrogen-bond acceptors (Lipinski definition) is 2. The molecule has 0 bridgehead atoms. The lowest BCUT2D eigenvalue weighted by molar-refractivity contribution is -0.137. The first-order valence-electron chi connectivity index (χ1n) is 5.39. The molecule has 1 aliphatic rings. The number of nitrogens with zero attached hydrogens (tertiary/aromatic N) is 2. The van der Waals surface area contributed by atoms with Crippen molar-refractivity contribution in [3.63, 3.8) is 0 Å². The highest BCUT2D eigenvalue weighted by Gasteiger charge is 2.31. The van der Waals surface area contributed by atoms with E-state index in [1.165, 1.54) is 6.20 Å². The van der Waals surface area contributed by atoms with Crippen LogP contribution in [0.2, 0.25) is 0 Å². The van der Waals surface area contributed by atoms with E-state index in [0.29, 0.717) is 17.2 Å². The maximum atomic E-state index is 12.6. The van der Waals surface area contributed by atoms with Crippen molar-refractivity contribution in [2.45, 2.75) is 23.8 Å². The van der Waals surface area contributed by atoms with Crippen LogP contribution < -0.4 is 4.90 Å². The SMILES string of the molecule is FC(F)(F)c1ccnc(N2CCCC(Br)C2)c1. The van der Waals surface area contributed by atoms with Crippen LogP contribution in [0.1, 0.15) is 18.4 Å². The van der Waals surface area contributed by atoms with Gasteiger partial charge in [0.15, 0.2) is 0 Å². The molecular formula is C11H12BrF3N2. The second-order valence-electron chi connectivity index (χ2n) is 4.09. The van der Waals surface area contributed by atoms with Gasteiger partial charge in [0.05, 0.1) is 5.56 Å². The summed E-state index contributed by atoms with van der Waals surface area (Å²) >= 11 is 3.49. The van der Waals surface area contributed by atoms with Gasteiger partial charge < -0.3 is 4.90 Å². The Morgan fingerprint density at radius 3 is 2.82 bits per heavy atom. The van der Waals surface area contributed by atoms with Gasteiger partial charge >= 0.3 is 6.18 Å². The molecule has 17 heavy (non-hydrogen) atoms. The van der Waals surface area contributed by atoms with Gasteiger partial charge in [-0.1, -0.05) is 15.9 Å². The first kappa shape index (κ1) is 12.7. The van der Waals surface area contributed by atoms with Crippen LogP contribution in [-0.4, -0.2) is 22.9 Å². The van der Waals surface area contributed by atoms with Crippen molar-refractivity contribution in [3.8, 4) is 0 Å². The standard InChI is InChI=1S/C11H12BrF3N2/c12-9-2-1-5-17(7-9)10-6-8(3-4-16-10)11(13,14)15/h3-4,6,9H,1-2,5,7H2. The van der Waals surface area contributed by atoms with Crippen LogP contribution >= 0.6 is 15.9 Å². The zero-order chi connectivity index (χ0) is 12.5. The van der Waals surface area contributed by atoms with Crippen molar-refractivity contribution >= 4 is 21.7 Å². The molecule has 0 radical (unpaired) electrons. The minimum absolute atomic E-state index is 0.326.